The zero-order valence-electron chi connectivity index (χ0n) is 12.4. The number of rotatable bonds is 7. The first-order chi connectivity index (χ1) is 9.93. The SMILES string of the molecule is CC(C)Oc1ccccc1CC(=O)NCC1(C(=O)O)CC1. The normalized spacial score (nSPS) is 15.6. The van der Waals surface area contributed by atoms with Crippen molar-refractivity contribution in [2.45, 2.75) is 39.2 Å². The molecule has 1 aromatic carbocycles. The third-order valence-electron chi connectivity index (χ3n) is 3.62. The highest BCUT2D eigenvalue weighted by molar-refractivity contribution is 5.82. The van der Waals surface area contributed by atoms with Crippen LogP contribution >= 0.6 is 0 Å². The van der Waals surface area contributed by atoms with E-state index in [2.05, 4.69) is 5.32 Å². The second kappa shape index (κ2) is 6.16. The fourth-order valence-electron chi connectivity index (χ4n) is 2.14. The van der Waals surface area contributed by atoms with E-state index < -0.39 is 11.4 Å². The van der Waals surface area contributed by atoms with Crippen molar-refractivity contribution in [2.24, 2.45) is 5.41 Å². The van der Waals surface area contributed by atoms with Gasteiger partial charge < -0.3 is 15.2 Å². The average Bonchev–Trinajstić information content (AvgIpc) is 3.19. The van der Waals surface area contributed by atoms with Gasteiger partial charge in [-0.2, -0.15) is 0 Å². The molecule has 0 heterocycles. The molecule has 1 saturated carbocycles. The van der Waals surface area contributed by atoms with Crippen molar-refractivity contribution >= 4 is 11.9 Å². The van der Waals surface area contributed by atoms with Crippen LogP contribution in [-0.2, 0) is 16.0 Å². The van der Waals surface area contributed by atoms with E-state index >= 15 is 0 Å². The van der Waals surface area contributed by atoms with Crippen molar-refractivity contribution < 1.29 is 19.4 Å². The van der Waals surface area contributed by atoms with Gasteiger partial charge in [0.05, 0.1) is 17.9 Å². The Bertz CT molecular complexity index is 535. The maximum atomic E-state index is 12.0. The average molecular weight is 291 g/mol. The first kappa shape index (κ1) is 15.4. The van der Waals surface area contributed by atoms with Gasteiger partial charge in [-0.05, 0) is 32.8 Å². The van der Waals surface area contributed by atoms with Gasteiger partial charge in [-0.3, -0.25) is 9.59 Å². The summed E-state index contributed by atoms with van der Waals surface area (Å²) in [5, 5.41) is 11.8. The lowest BCUT2D eigenvalue weighted by Crippen LogP contribution is -2.35. The molecule has 1 aliphatic rings. The largest absolute Gasteiger partial charge is 0.491 e. The summed E-state index contributed by atoms with van der Waals surface area (Å²) in [5.74, 6) is -0.310. The van der Waals surface area contributed by atoms with Gasteiger partial charge in [0, 0.05) is 12.1 Å². The first-order valence-electron chi connectivity index (χ1n) is 7.18. The van der Waals surface area contributed by atoms with Crippen LogP contribution in [0.3, 0.4) is 0 Å². The Morgan fingerprint density at radius 1 is 1.33 bits per heavy atom. The minimum Gasteiger partial charge on any atom is -0.491 e. The molecule has 0 spiro atoms. The molecule has 1 aromatic rings. The van der Waals surface area contributed by atoms with E-state index in [-0.39, 0.29) is 25.0 Å². The lowest BCUT2D eigenvalue weighted by molar-refractivity contribution is -0.143. The summed E-state index contributed by atoms with van der Waals surface area (Å²) in [5.41, 5.74) is 0.0766. The Balaban J connectivity index is 1.92. The second-order valence-electron chi connectivity index (χ2n) is 5.81. The van der Waals surface area contributed by atoms with E-state index in [0.29, 0.717) is 18.6 Å². The predicted molar refractivity (Wildman–Crippen MR) is 78.2 cm³/mol. The standard InChI is InChI=1S/C16H21NO4/c1-11(2)21-13-6-4-3-5-12(13)9-14(18)17-10-16(7-8-16)15(19)20/h3-6,11H,7-10H2,1-2H3,(H,17,18)(H,19,20). The second-order valence-corrected chi connectivity index (χ2v) is 5.81. The number of carboxylic acid groups (broad SMARTS) is 1. The van der Waals surface area contributed by atoms with Crippen molar-refractivity contribution in [3.8, 4) is 5.75 Å². The Morgan fingerprint density at radius 3 is 2.57 bits per heavy atom. The molecule has 0 atom stereocenters. The molecule has 0 unspecified atom stereocenters. The summed E-state index contributed by atoms with van der Waals surface area (Å²) in [6.07, 6.45) is 1.50. The van der Waals surface area contributed by atoms with Crippen LogP contribution < -0.4 is 10.1 Å². The number of ether oxygens (including phenoxy) is 1. The van der Waals surface area contributed by atoms with Crippen LogP contribution in [0.4, 0.5) is 0 Å². The van der Waals surface area contributed by atoms with Gasteiger partial charge in [0.1, 0.15) is 5.75 Å². The molecule has 2 rings (SSSR count). The number of hydrogen-bond acceptors (Lipinski definition) is 3. The molecule has 2 N–H and O–H groups in total. The molecular weight excluding hydrogens is 270 g/mol. The molecule has 1 aliphatic carbocycles. The van der Waals surface area contributed by atoms with Gasteiger partial charge in [0.15, 0.2) is 0 Å². The van der Waals surface area contributed by atoms with E-state index in [4.69, 9.17) is 9.84 Å². The summed E-state index contributed by atoms with van der Waals surface area (Å²) in [4.78, 5) is 23.0. The Labute approximate surface area is 124 Å². The zero-order valence-corrected chi connectivity index (χ0v) is 12.4. The molecule has 5 heteroatoms. The van der Waals surface area contributed by atoms with Crippen LogP contribution in [0.25, 0.3) is 0 Å². The highest BCUT2D eigenvalue weighted by Gasteiger charge is 2.50. The first-order valence-corrected chi connectivity index (χ1v) is 7.18. The summed E-state index contributed by atoms with van der Waals surface area (Å²) >= 11 is 0. The zero-order chi connectivity index (χ0) is 15.5. The molecule has 1 fully saturated rings. The number of aliphatic carboxylic acids is 1. The fraction of sp³-hybridized carbons (Fsp3) is 0.500. The maximum Gasteiger partial charge on any atom is 0.311 e. The van der Waals surface area contributed by atoms with E-state index in [0.717, 1.165) is 5.56 Å². The van der Waals surface area contributed by atoms with Gasteiger partial charge in [-0.25, -0.2) is 0 Å². The van der Waals surface area contributed by atoms with Gasteiger partial charge >= 0.3 is 5.97 Å². The predicted octanol–water partition coefficient (Wildman–Crippen LogP) is 2.00. The van der Waals surface area contributed by atoms with E-state index in [1.807, 2.05) is 38.1 Å². The molecule has 1 amide bonds. The third kappa shape index (κ3) is 3.97. The summed E-state index contributed by atoms with van der Waals surface area (Å²) in [6, 6.07) is 7.40. The summed E-state index contributed by atoms with van der Waals surface area (Å²) in [7, 11) is 0. The van der Waals surface area contributed by atoms with Crippen LogP contribution in [0.5, 0.6) is 5.75 Å². The highest BCUT2D eigenvalue weighted by Crippen LogP contribution is 2.45. The van der Waals surface area contributed by atoms with Crippen LogP contribution in [-0.4, -0.2) is 29.6 Å². The quantitative estimate of drug-likeness (QED) is 0.805. The minimum absolute atomic E-state index is 0.0379. The monoisotopic (exact) mass is 291 g/mol. The Morgan fingerprint density at radius 2 is 2.00 bits per heavy atom. The summed E-state index contributed by atoms with van der Waals surface area (Å²) < 4.78 is 5.67. The number of carboxylic acids is 1. The molecule has 0 aliphatic heterocycles. The van der Waals surface area contributed by atoms with Crippen LogP contribution in [0.15, 0.2) is 24.3 Å². The smallest absolute Gasteiger partial charge is 0.311 e. The number of carbonyl (C=O) groups excluding carboxylic acids is 1. The van der Waals surface area contributed by atoms with Crippen molar-refractivity contribution in [3.05, 3.63) is 29.8 Å². The highest BCUT2D eigenvalue weighted by atomic mass is 16.5. The van der Waals surface area contributed by atoms with Crippen LogP contribution in [0.1, 0.15) is 32.3 Å². The van der Waals surface area contributed by atoms with Gasteiger partial charge in [0.2, 0.25) is 5.91 Å². The van der Waals surface area contributed by atoms with Crippen molar-refractivity contribution in [3.63, 3.8) is 0 Å². The van der Waals surface area contributed by atoms with Gasteiger partial charge in [-0.1, -0.05) is 18.2 Å². The van der Waals surface area contributed by atoms with Crippen LogP contribution in [0.2, 0.25) is 0 Å². The molecule has 21 heavy (non-hydrogen) atoms. The van der Waals surface area contributed by atoms with Gasteiger partial charge in [0.25, 0.3) is 0 Å². The molecular formula is C16H21NO4. The number of amides is 1. The molecule has 114 valence electrons. The van der Waals surface area contributed by atoms with E-state index in [1.165, 1.54) is 0 Å². The van der Waals surface area contributed by atoms with E-state index in [9.17, 15) is 9.59 Å². The number of hydrogen-bond donors (Lipinski definition) is 2. The van der Waals surface area contributed by atoms with Gasteiger partial charge in [-0.15, -0.1) is 0 Å². The summed E-state index contributed by atoms with van der Waals surface area (Å²) in [6.45, 7) is 4.06. The number of para-hydroxylation sites is 1. The lowest BCUT2D eigenvalue weighted by Gasteiger charge is -2.15. The minimum atomic E-state index is -0.827. The number of carbonyl (C=O) groups is 2. The number of nitrogens with one attached hydrogen (secondary N) is 1. The molecule has 0 bridgehead atoms. The van der Waals surface area contributed by atoms with E-state index in [1.54, 1.807) is 0 Å². The lowest BCUT2D eigenvalue weighted by atomic mass is 10.1. The maximum absolute atomic E-state index is 12.0. The topological polar surface area (TPSA) is 75.6 Å². The molecule has 0 saturated heterocycles. The van der Waals surface area contributed by atoms with Crippen LogP contribution in [0, 0.1) is 5.41 Å². The molecule has 5 nitrogen and oxygen atoms in total. The number of benzene rings is 1. The Kier molecular flexibility index (Phi) is 4.50. The van der Waals surface area contributed by atoms with Crippen molar-refractivity contribution in [1.29, 1.82) is 0 Å². The molecule has 0 aromatic heterocycles. The van der Waals surface area contributed by atoms with Crippen molar-refractivity contribution in [2.75, 3.05) is 6.54 Å². The third-order valence-corrected chi connectivity index (χ3v) is 3.62. The fourth-order valence-corrected chi connectivity index (χ4v) is 2.14. The van der Waals surface area contributed by atoms with Crippen molar-refractivity contribution in [1.82, 2.24) is 5.32 Å². The molecule has 0 radical (unpaired) electrons. The Hall–Kier alpha value is -2.04.